The van der Waals surface area contributed by atoms with Crippen LogP contribution in [-0.4, -0.2) is 17.6 Å². The lowest BCUT2D eigenvalue weighted by Crippen LogP contribution is -2.44. The molecule has 90 valence electrons. The topological polar surface area (TPSA) is 49.3 Å². The Bertz CT molecular complexity index is 457. The second-order valence-electron chi connectivity index (χ2n) is 5.46. The molecule has 1 heterocycles. The number of carbonyl (C=O) groups excluding carboxylic acids is 1. The fourth-order valence-corrected chi connectivity index (χ4v) is 3.30. The summed E-state index contributed by atoms with van der Waals surface area (Å²) in [6.07, 6.45) is 3.94. The van der Waals surface area contributed by atoms with E-state index in [1.54, 1.807) is 6.07 Å². The molecule has 2 aliphatic rings. The highest BCUT2D eigenvalue weighted by Gasteiger charge is 2.45. The summed E-state index contributed by atoms with van der Waals surface area (Å²) in [6, 6.07) is 7.52. The number of fused-ring (bicyclic) bond motifs is 2. The summed E-state index contributed by atoms with van der Waals surface area (Å²) >= 11 is 0. The van der Waals surface area contributed by atoms with Gasteiger partial charge in [0.05, 0.1) is 0 Å². The Kier molecular flexibility index (Phi) is 2.35. The van der Waals surface area contributed by atoms with Gasteiger partial charge in [-0.25, -0.2) is 0 Å². The van der Waals surface area contributed by atoms with Crippen LogP contribution in [0.1, 0.15) is 24.8 Å². The number of hydrogen-bond acceptors (Lipinski definition) is 2. The van der Waals surface area contributed by atoms with Crippen molar-refractivity contribution >= 4 is 5.91 Å². The van der Waals surface area contributed by atoms with Crippen molar-refractivity contribution in [3.63, 3.8) is 0 Å². The first-order valence-corrected chi connectivity index (χ1v) is 6.23. The summed E-state index contributed by atoms with van der Waals surface area (Å²) in [4.78, 5) is 11.6. The smallest absolute Gasteiger partial charge is 0.223 e. The van der Waals surface area contributed by atoms with Crippen molar-refractivity contribution in [3.8, 4) is 5.75 Å². The first-order chi connectivity index (χ1) is 8.19. The Morgan fingerprint density at radius 2 is 2.24 bits per heavy atom. The van der Waals surface area contributed by atoms with Crippen molar-refractivity contribution in [2.45, 2.75) is 25.7 Å². The maximum Gasteiger partial charge on any atom is 0.223 e. The van der Waals surface area contributed by atoms with Crippen LogP contribution in [0, 0.1) is 11.3 Å². The van der Waals surface area contributed by atoms with Crippen LogP contribution in [0.4, 0.5) is 0 Å². The molecule has 3 heteroatoms. The van der Waals surface area contributed by atoms with Gasteiger partial charge in [0.2, 0.25) is 5.91 Å². The molecule has 2 bridgehead atoms. The van der Waals surface area contributed by atoms with E-state index in [9.17, 15) is 9.90 Å². The molecule has 1 aromatic rings. The van der Waals surface area contributed by atoms with Gasteiger partial charge in [-0.2, -0.15) is 0 Å². The zero-order chi connectivity index (χ0) is 11.9. The molecule has 0 spiro atoms. The number of carbonyl (C=O) groups is 1. The molecule has 1 amide bonds. The molecule has 2 fully saturated rings. The maximum atomic E-state index is 11.6. The summed E-state index contributed by atoms with van der Waals surface area (Å²) in [5, 5.41) is 12.8. The van der Waals surface area contributed by atoms with Gasteiger partial charge in [0.15, 0.2) is 0 Å². The van der Waals surface area contributed by atoms with Gasteiger partial charge in [0.1, 0.15) is 5.75 Å². The molecule has 0 aromatic heterocycles. The van der Waals surface area contributed by atoms with Crippen molar-refractivity contribution in [2.24, 2.45) is 11.3 Å². The molecule has 17 heavy (non-hydrogen) atoms. The largest absolute Gasteiger partial charge is 0.508 e. The molecule has 1 aliphatic carbocycles. The van der Waals surface area contributed by atoms with E-state index in [1.807, 2.05) is 18.2 Å². The Balaban J connectivity index is 1.82. The third-order valence-electron chi connectivity index (χ3n) is 4.27. The quantitative estimate of drug-likeness (QED) is 0.816. The lowest BCUT2D eigenvalue weighted by Gasteiger charge is -2.33. The van der Waals surface area contributed by atoms with E-state index in [-0.39, 0.29) is 17.2 Å². The maximum absolute atomic E-state index is 11.6. The minimum Gasteiger partial charge on any atom is -0.508 e. The third-order valence-corrected chi connectivity index (χ3v) is 4.27. The van der Waals surface area contributed by atoms with Gasteiger partial charge in [0.25, 0.3) is 0 Å². The fraction of sp³-hybridized carbons (Fsp3) is 0.500. The van der Waals surface area contributed by atoms with Crippen molar-refractivity contribution in [1.82, 2.24) is 5.32 Å². The van der Waals surface area contributed by atoms with E-state index < -0.39 is 0 Å². The molecule has 2 unspecified atom stereocenters. The van der Waals surface area contributed by atoms with E-state index in [0.29, 0.717) is 5.75 Å². The van der Waals surface area contributed by atoms with E-state index in [2.05, 4.69) is 5.32 Å². The summed E-state index contributed by atoms with van der Waals surface area (Å²) in [5.74, 6) is 0.798. The first-order valence-electron chi connectivity index (χ1n) is 6.23. The lowest BCUT2D eigenvalue weighted by atomic mass is 9.77. The van der Waals surface area contributed by atoms with Gasteiger partial charge in [-0.15, -0.1) is 0 Å². The van der Waals surface area contributed by atoms with Crippen molar-refractivity contribution in [3.05, 3.63) is 29.8 Å². The molecule has 2 atom stereocenters. The Morgan fingerprint density at radius 3 is 3.06 bits per heavy atom. The highest BCUT2D eigenvalue weighted by molar-refractivity contribution is 5.80. The zero-order valence-electron chi connectivity index (χ0n) is 9.78. The van der Waals surface area contributed by atoms with Crippen molar-refractivity contribution in [2.75, 3.05) is 6.54 Å². The number of nitrogens with one attached hydrogen (secondary N) is 1. The number of amides is 1. The van der Waals surface area contributed by atoms with Crippen LogP contribution in [0.15, 0.2) is 24.3 Å². The zero-order valence-corrected chi connectivity index (χ0v) is 9.78. The number of phenolic OH excluding ortho intramolecular Hbond substituents is 1. The molecule has 1 saturated heterocycles. The average Bonchev–Trinajstić information content (AvgIpc) is 2.68. The van der Waals surface area contributed by atoms with E-state index in [1.165, 1.54) is 0 Å². The second-order valence-corrected chi connectivity index (χ2v) is 5.46. The first kappa shape index (κ1) is 10.6. The van der Waals surface area contributed by atoms with Gasteiger partial charge in [-0.3, -0.25) is 4.79 Å². The Morgan fingerprint density at radius 1 is 1.41 bits per heavy atom. The number of rotatable bonds is 2. The molecule has 1 aromatic carbocycles. The predicted octanol–water partition coefficient (Wildman–Crippen LogP) is 1.85. The van der Waals surface area contributed by atoms with Gasteiger partial charge in [-0.1, -0.05) is 18.2 Å². The van der Waals surface area contributed by atoms with Crippen LogP contribution in [0.5, 0.6) is 5.75 Å². The molecule has 3 rings (SSSR count). The summed E-state index contributed by atoms with van der Waals surface area (Å²) in [7, 11) is 0. The highest BCUT2D eigenvalue weighted by atomic mass is 16.3. The monoisotopic (exact) mass is 231 g/mol. The van der Waals surface area contributed by atoms with Gasteiger partial charge in [0, 0.05) is 12.5 Å². The normalized spacial score (nSPS) is 31.3. The Labute approximate surface area is 101 Å². The van der Waals surface area contributed by atoms with E-state index in [4.69, 9.17) is 0 Å². The average molecular weight is 231 g/mol. The van der Waals surface area contributed by atoms with Crippen LogP contribution in [0.25, 0.3) is 0 Å². The predicted molar refractivity (Wildman–Crippen MR) is 64.6 cm³/mol. The van der Waals surface area contributed by atoms with Gasteiger partial charge in [-0.05, 0) is 42.7 Å². The lowest BCUT2D eigenvalue weighted by molar-refractivity contribution is -0.127. The molecular weight excluding hydrogens is 214 g/mol. The molecule has 1 aliphatic heterocycles. The number of benzene rings is 1. The summed E-state index contributed by atoms with van der Waals surface area (Å²) in [6.45, 7) is 0.761. The number of phenols is 1. The van der Waals surface area contributed by atoms with Gasteiger partial charge < -0.3 is 10.4 Å². The van der Waals surface area contributed by atoms with E-state index >= 15 is 0 Å². The minimum atomic E-state index is 0.178. The number of hydrogen-bond donors (Lipinski definition) is 2. The van der Waals surface area contributed by atoms with Crippen LogP contribution in [-0.2, 0) is 11.2 Å². The molecule has 2 N–H and O–H groups in total. The minimum absolute atomic E-state index is 0.178. The summed E-state index contributed by atoms with van der Waals surface area (Å²) in [5.41, 5.74) is 1.18. The van der Waals surface area contributed by atoms with Gasteiger partial charge >= 0.3 is 0 Å². The molecule has 3 nitrogen and oxygen atoms in total. The van der Waals surface area contributed by atoms with Crippen molar-refractivity contribution in [1.29, 1.82) is 0 Å². The Hall–Kier alpha value is -1.51. The van der Waals surface area contributed by atoms with Crippen LogP contribution < -0.4 is 5.32 Å². The number of piperidine rings is 1. The SMILES string of the molecule is O=C1NCC2(Cc3ccccc3O)CCC1C2. The number of aromatic hydroxyl groups is 1. The fourth-order valence-electron chi connectivity index (χ4n) is 3.30. The van der Waals surface area contributed by atoms with Crippen LogP contribution in [0.3, 0.4) is 0 Å². The standard InChI is InChI=1S/C14H17NO2/c16-12-4-2-1-3-10(12)7-14-6-5-11(8-14)13(17)15-9-14/h1-4,11,16H,5-9H2,(H,15,17). The second kappa shape index (κ2) is 3.76. The summed E-state index contributed by atoms with van der Waals surface area (Å²) < 4.78 is 0. The highest BCUT2D eigenvalue weighted by Crippen LogP contribution is 2.47. The van der Waals surface area contributed by atoms with E-state index in [0.717, 1.165) is 37.8 Å². The molecule has 1 saturated carbocycles. The van der Waals surface area contributed by atoms with Crippen LogP contribution in [0.2, 0.25) is 0 Å². The third kappa shape index (κ3) is 1.79. The van der Waals surface area contributed by atoms with Crippen LogP contribution >= 0.6 is 0 Å². The number of para-hydroxylation sites is 1. The molecule has 0 radical (unpaired) electrons. The molecular formula is C14H17NO2. The van der Waals surface area contributed by atoms with Crippen molar-refractivity contribution < 1.29 is 9.90 Å².